The highest BCUT2D eigenvalue weighted by Crippen LogP contribution is 2.21. The zero-order chi connectivity index (χ0) is 15.2. The summed E-state index contributed by atoms with van der Waals surface area (Å²) in [5, 5.41) is 0. The minimum absolute atomic E-state index is 0.131. The van der Waals surface area contributed by atoms with E-state index in [0.29, 0.717) is 0 Å². The molecule has 2 aromatic rings. The SMILES string of the molecule is CC[C@@H](N)c1ccc(N(C)Cc2ccc(OC)cc2)cc1. The molecule has 0 amide bonds. The van der Waals surface area contributed by atoms with E-state index in [-0.39, 0.29) is 6.04 Å². The Hall–Kier alpha value is -2.00. The topological polar surface area (TPSA) is 38.5 Å². The third-order valence-corrected chi connectivity index (χ3v) is 3.78. The summed E-state index contributed by atoms with van der Waals surface area (Å²) in [6.45, 7) is 2.97. The molecular weight excluding hydrogens is 260 g/mol. The molecule has 3 heteroatoms. The lowest BCUT2D eigenvalue weighted by atomic mass is 10.1. The van der Waals surface area contributed by atoms with Gasteiger partial charge in [0.15, 0.2) is 0 Å². The van der Waals surface area contributed by atoms with E-state index in [9.17, 15) is 0 Å². The van der Waals surface area contributed by atoms with Crippen LogP contribution in [0.25, 0.3) is 0 Å². The predicted octanol–water partition coefficient (Wildman–Crippen LogP) is 3.74. The Kier molecular flexibility index (Phi) is 5.23. The van der Waals surface area contributed by atoms with Crippen molar-refractivity contribution >= 4 is 5.69 Å². The second kappa shape index (κ2) is 7.14. The second-order valence-corrected chi connectivity index (χ2v) is 5.31. The Morgan fingerprint density at radius 3 is 2.19 bits per heavy atom. The van der Waals surface area contributed by atoms with Crippen LogP contribution in [0.4, 0.5) is 5.69 Å². The van der Waals surface area contributed by atoms with Crippen LogP contribution in [-0.4, -0.2) is 14.2 Å². The second-order valence-electron chi connectivity index (χ2n) is 5.31. The van der Waals surface area contributed by atoms with Crippen molar-refractivity contribution in [3.63, 3.8) is 0 Å². The van der Waals surface area contributed by atoms with E-state index in [1.54, 1.807) is 7.11 Å². The highest BCUT2D eigenvalue weighted by molar-refractivity contribution is 5.48. The highest BCUT2D eigenvalue weighted by Gasteiger charge is 2.06. The Labute approximate surface area is 127 Å². The molecule has 0 saturated heterocycles. The third-order valence-electron chi connectivity index (χ3n) is 3.78. The van der Waals surface area contributed by atoms with E-state index >= 15 is 0 Å². The molecule has 3 nitrogen and oxygen atoms in total. The van der Waals surface area contributed by atoms with Crippen molar-refractivity contribution in [1.82, 2.24) is 0 Å². The minimum Gasteiger partial charge on any atom is -0.497 e. The van der Waals surface area contributed by atoms with Gasteiger partial charge < -0.3 is 15.4 Å². The molecule has 0 aliphatic heterocycles. The van der Waals surface area contributed by atoms with Crippen LogP contribution in [0.15, 0.2) is 48.5 Å². The molecule has 0 bridgehead atoms. The van der Waals surface area contributed by atoms with Gasteiger partial charge in [-0.1, -0.05) is 31.2 Å². The van der Waals surface area contributed by atoms with Gasteiger partial charge in [0, 0.05) is 25.3 Å². The average Bonchev–Trinajstić information content (AvgIpc) is 2.55. The van der Waals surface area contributed by atoms with Gasteiger partial charge in [-0.2, -0.15) is 0 Å². The summed E-state index contributed by atoms with van der Waals surface area (Å²) in [4.78, 5) is 2.23. The van der Waals surface area contributed by atoms with Crippen molar-refractivity contribution in [3.8, 4) is 5.75 Å². The van der Waals surface area contributed by atoms with E-state index in [0.717, 1.165) is 18.7 Å². The Morgan fingerprint density at radius 2 is 1.67 bits per heavy atom. The molecule has 0 aliphatic carbocycles. The van der Waals surface area contributed by atoms with Gasteiger partial charge in [0.1, 0.15) is 5.75 Å². The van der Waals surface area contributed by atoms with E-state index < -0.39 is 0 Å². The first-order valence-corrected chi connectivity index (χ1v) is 7.33. The Bertz CT molecular complexity index is 548. The number of nitrogens with zero attached hydrogens (tertiary/aromatic N) is 1. The molecule has 0 fully saturated rings. The fourth-order valence-corrected chi connectivity index (χ4v) is 2.31. The first-order valence-electron chi connectivity index (χ1n) is 7.33. The van der Waals surface area contributed by atoms with Crippen LogP contribution < -0.4 is 15.4 Å². The molecule has 1 atom stereocenters. The van der Waals surface area contributed by atoms with Gasteiger partial charge in [0.25, 0.3) is 0 Å². The number of hydrogen-bond donors (Lipinski definition) is 1. The number of rotatable bonds is 6. The fourth-order valence-electron chi connectivity index (χ4n) is 2.31. The van der Waals surface area contributed by atoms with E-state index in [4.69, 9.17) is 10.5 Å². The molecule has 2 aromatic carbocycles. The molecule has 0 aromatic heterocycles. The van der Waals surface area contributed by atoms with Crippen molar-refractivity contribution in [2.45, 2.75) is 25.9 Å². The van der Waals surface area contributed by atoms with Gasteiger partial charge >= 0.3 is 0 Å². The molecule has 0 saturated carbocycles. The number of methoxy groups -OCH3 is 1. The van der Waals surface area contributed by atoms with E-state index in [1.807, 2.05) is 12.1 Å². The van der Waals surface area contributed by atoms with Crippen LogP contribution in [0.5, 0.6) is 5.75 Å². The summed E-state index contributed by atoms with van der Waals surface area (Å²) in [6, 6.07) is 16.8. The number of nitrogens with two attached hydrogens (primary N) is 1. The van der Waals surface area contributed by atoms with E-state index in [2.05, 4.69) is 55.3 Å². The van der Waals surface area contributed by atoms with Crippen molar-refractivity contribution in [1.29, 1.82) is 0 Å². The van der Waals surface area contributed by atoms with Crippen molar-refractivity contribution < 1.29 is 4.74 Å². The zero-order valence-corrected chi connectivity index (χ0v) is 13.0. The van der Waals surface area contributed by atoms with Gasteiger partial charge in [0.2, 0.25) is 0 Å². The summed E-state index contributed by atoms with van der Waals surface area (Å²) < 4.78 is 5.18. The number of anilines is 1. The maximum Gasteiger partial charge on any atom is 0.118 e. The van der Waals surface area contributed by atoms with Gasteiger partial charge in [0.05, 0.1) is 7.11 Å². The van der Waals surface area contributed by atoms with Crippen molar-refractivity contribution in [2.75, 3.05) is 19.1 Å². The lowest BCUT2D eigenvalue weighted by Gasteiger charge is -2.20. The lowest BCUT2D eigenvalue weighted by molar-refractivity contribution is 0.414. The maximum atomic E-state index is 6.05. The largest absolute Gasteiger partial charge is 0.497 e. The molecule has 0 heterocycles. The molecule has 2 rings (SSSR count). The summed E-state index contributed by atoms with van der Waals surface area (Å²) in [5.41, 5.74) is 9.69. The number of ether oxygens (including phenoxy) is 1. The van der Waals surface area contributed by atoms with Crippen LogP contribution >= 0.6 is 0 Å². The van der Waals surface area contributed by atoms with Gasteiger partial charge in [-0.25, -0.2) is 0 Å². The molecule has 0 radical (unpaired) electrons. The van der Waals surface area contributed by atoms with Crippen LogP contribution in [0.2, 0.25) is 0 Å². The smallest absolute Gasteiger partial charge is 0.118 e. The van der Waals surface area contributed by atoms with Gasteiger partial charge in [-0.3, -0.25) is 0 Å². The zero-order valence-electron chi connectivity index (χ0n) is 13.0. The highest BCUT2D eigenvalue weighted by atomic mass is 16.5. The standard InChI is InChI=1S/C18H24N2O/c1-4-18(19)15-7-9-16(10-8-15)20(2)13-14-5-11-17(21-3)12-6-14/h5-12,18H,4,13,19H2,1-3H3/t18-/m1/s1. The van der Waals surface area contributed by atoms with E-state index in [1.165, 1.54) is 16.8 Å². The lowest BCUT2D eigenvalue weighted by Crippen LogP contribution is -2.16. The van der Waals surface area contributed by atoms with Gasteiger partial charge in [-0.15, -0.1) is 0 Å². The molecule has 0 unspecified atom stereocenters. The molecular formula is C18H24N2O. The first kappa shape index (κ1) is 15.4. The monoisotopic (exact) mass is 284 g/mol. The van der Waals surface area contributed by atoms with Crippen LogP contribution in [0.3, 0.4) is 0 Å². The number of hydrogen-bond acceptors (Lipinski definition) is 3. The summed E-state index contributed by atoms with van der Waals surface area (Å²) in [5.74, 6) is 0.888. The molecule has 21 heavy (non-hydrogen) atoms. The maximum absolute atomic E-state index is 6.05. The predicted molar refractivity (Wildman–Crippen MR) is 88.8 cm³/mol. The molecule has 0 spiro atoms. The quantitative estimate of drug-likeness (QED) is 0.878. The fraction of sp³-hybridized carbons (Fsp3) is 0.333. The molecule has 112 valence electrons. The normalized spacial score (nSPS) is 12.0. The minimum atomic E-state index is 0.131. The van der Waals surface area contributed by atoms with Crippen LogP contribution in [0.1, 0.15) is 30.5 Å². The number of benzene rings is 2. The van der Waals surface area contributed by atoms with Crippen molar-refractivity contribution in [2.24, 2.45) is 5.73 Å². The summed E-state index contributed by atoms with van der Waals surface area (Å²) >= 11 is 0. The molecule has 2 N–H and O–H groups in total. The van der Waals surface area contributed by atoms with Crippen LogP contribution in [-0.2, 0) is 6.54 Å². The third kappa shape index (κ3) is 3.99. The Morgan fingerprint density at radius 1 is 1.05 bits per heavy atom. The Balaban J connectivity index is 2.03. The van der Waals surface area contributed by atoms with Gasteiger partial charge in [-0.05, 0) is 41.8 Å². The van der Waals surface area contributed by atoms with Crippen molar-refractivity contribution in [3.05, 3.63) is 59.7 Å². The van der Waals surface area contributed by atoms with Crippen LogP contribution in [0, 0.1) is 0 Å². The molecule has 0 aliphatic rings. The average molecular weight is 284 g/mol. The summed E-state index contributed by atoms with van der Waals surface area (Å²) in [6.07, 6.45) is 0.959. The summed E-state index contributed by atoms with van der Waals surface area (Å²) in [7, 11) is 3.78. The first-order chi connectivity index (χ1) is 10.1.